The molecule has 0 saturated heterocycles. The van der Waals surface area contributed by atoms with E-state index in [0.29, 0.717) is 19.8 Å². The first-order chi connectivity index (χ1) is 13.3. The molecule has 1 aromatic carbocycles. The fourth-order valence-electron chi connectivity index (χ4n) is 3.30. The Morgan fingerprint density at radius 3 is 2.75 bits per heavy atom. The lowest BCUT2D eigenvalue weighted by atomic mass is 9.93. The molecule has 152 valence electrons. The summed E-state index contributed by atoms with van der Waals surface area (Å²) in [5.41, 5.74) is 2.43. The molecule has 3 rings (SSSR count). The van der Waals surface area contributed by atoms with E-state index in [9.17, 15) is 4.79 Å². The second kappa shape index (κ2) is 8.22. The van der Waals surface area contributed by atoms with E-state index >= 15 is 0 Å². The first kappa shape index (κ1) is 20.2. The minimum Gasteiger partial charge on any atom is -0.487 e. The van der Waals surface area contributed by atoms with Crippen molar-refractivity contribution in [3.05, 3.63) is 46.8 Å². The molecule has 0 aliphatic carbocycles. The van der Waals surface area contributed by atoms with Crippen LogP contribution in [-0.4, -0.2) is 42.0 Å². The van der Waals surface area contributed by atoms with Crippen LogP contribution in [0.5, 0.6) is 5.75 Å². The molecule has 7 nitrogen and oxygen atoms in total. The van der Waals surface area contributed by atoms with Crippen LogP contribution in [-0.2, 0) is 22.5 Å². The standard InChI is InChI=1S/C21H28N2O5/c1-14-10-16(22-28-14)12-26-17-6-7-18-15(11-17)8-9-23(19(18)13-25-5)20(24)27-21(2,3)4/h6-7,10-11,19H,8-9,12-13H2,1-5H3/t19-/m0/s1. The van der Waals surface area contributed by atoms with Gasteiger partial charge in [0.25, 0.3) is 0 Å². The van der Waals surface area contributed by atoms with E-state index in [1.165, 1.54) is 0 Å². The molecule has 1 aliphatic heterocycles. The van der Waals surface area contributed by atoms with Crippen molar-refractivity contribution in [3.63, 3.8) is 0 Å². The molecule has 0 N–H and O–H groups in total. The number of hydrogen-bond acceptors (Lipinski definition) is 6. The Morgan fingerprint density at radius 2 is 2.11 bits per heavy atom. The lowest BCUT2D eigenvalue weighted by molar-refractivity contribution is 0.00323. The highest BCUT2D eigenvalue weighted by atomic mass is 16.6. The predicted molar refractivity (Wildman–Crippen MR) is 103 cm³/mol. The van der Waals surface area contributed by atoms with Crippen molar-refractivity contribution >= 4 is 6.09 Å². The van der Waals surface area contributed by atoms with Crippen LogP contribution < -0.4 is 4.74 Å². The monoisotopic (exact) mass is 388 g/mol. The SMILES string of the molecule is COC[C@H]1c2ccc(OCc3cc(C)on3)cc2CCN1C(=O)OC(C)(C)C. The van der Waals surface area contributed by atoms with Gasteiger partial charge in [0, 0.05) is 19.7 Å². The highest BCUT2D eigenvalue weighted by molar-refractivity contribution is 5.69. The topological polar surface area (TPSA) is 74.0 Å². The van der Waals surface area contributed by atoms with Crippen LogP contribution in [0, 0.1) is 6.92 Å². The Morgan fingerprint density at radius 1 is 1.32 bits per heavy atom. The molecular weight excluding hydrogens is 360 g/mol. The number of nitrogens with zero attached hydrogens (tertiary/aromatic N) is 2. The Labute approximate surface area is 165 Å². The summed E-state index contributed by atoms with van der Waals surface area (Å²) in [5, 5.41) is 3.94. The van der Waals surface area contributed by atoms with Crippen molar-refractivity contribution in [2.45, 2.75) is 52.4 Å². The molecule has 0 saturated carbocycles. The second-order valence-electron chi connectivity index (χ2n) is 7.97. The van der Waals surface area contributed by atoms with Gasteiger partial charge in [0.05, 0.1) is 12.6 Å². The van der Waals surface area contributed by atoms with Gasteiger partial charge in [-0.1, -0.05) is 11.2 Å². The third kappa shape index (κ3) is 4.84. The summed E-state index contributed by atoms with van der Waals surface area (Å²) in [6, 6.07) is 7.60. The summed E-state index contributed by atoms with van der Waals surface area (Å²) in [6.07, 6.45) is 0.414. The van der Waals surface area contributed by atoms with Gasteiger partial charge in [-0.05, 0) is 57.4 Å². The number of carbonyl (C=O) groups excluding carboxylic acids is 1. The lowest BCUT2D eigenvalue weighted by Crippen LogP contribution is -2.44. The fraction of sp³-hybridized carbons (Fsp3) is 0.524. The molecule has 0 bridgehead atoms. The molecule has 1 atom stereocenters. The van der Waals surface area contributed by atoms with Gasteiger partial charge in [0.1, 0.15) is 29.4 Å². The minimum atomic E-state index is -0.536. The fourth-order valence-corrected chi connectivity index (χ4v) is 3.30. The number of amides is 1. The quantitative estimate of drug-likeness (QED) is 0.769. The molecule has 2 heterocycles. The summed E-state index contributed by atoms with van der Waals surface area (Å²) in [5.74, 6) is 1.52. The maximum atomic E-state index is 12.6. The van der Waals surface area contributed by atoms with E-state index in [1.54, 1.807) is 12.0 Å². The van der Waals surface area contributed by atoms with E-state index in [1.807, 2.05) is 52.0 Å². The summed E-state index contributed by atoms with van der Waals surface area (Å²) >= 11 is 0. The van der Waals surface area contributed by atoms with Crippen molar-refractivity contribution in [2.75, 3.05) is 20.3 Å². The molecule has 0 fully saturated rings. The second-order valence-corrected chi connectivity index (χ2v) is 7.97. The third-order valence-corrected chi connectivity index (χ3v) is 4.49. The maximum Gasteiger partial charge on any atom is 0.410 e. The zero-order valence-electron chi connectivity index (χ0n) is 17.2. The Balaban J connectivity index is 1.75. The van der Waals surface area contributed by atoms with Crippen LogP contribution in [0.3, 0.4) is 0 Å². The third-order valence-electron chi connectivity index (χ3n) is 4.49. The Bertz CT molecular complexity index is 824. The molecule has 2 aromatic rings. The Kier molecular flexibility index (Phi) is 5.93. The molecule has 0 unspecified atom stereocenters. The number of carbonyl (C=O) groups is 1. The van der Waals surface area contributed by atoms with Gasteiger partial charge in [0.2, 0.25) is 0 Å². The molecule has 1 aliphatic rings. The van der Waals surface area contributed by atoms with Crippen LogP contribution in [0.1, 0.15) is 49.4 Å². The smallest absolute Gasteiger partial charge is 0.410 e. The summed E-state index contributed by atoms with van der Waals surface area (Å²) in [4.78, 5) is 14.4. The number of hydrogen-bond donors (Lipinski definition) is 0. The minimum absolute atomic E-state index is 0.184. The maximum absolute atomic E-state index is 12.6. The predicted octanol–water partition coefficient (Wildman–Crippen LogP) is 4.04. The van der Waals surface area contributed by atoms with Gasteiger partial charge in [0.15, 0.2) is 0 Å². The molecule has 0 spiro atoms. The van der Waals surface area contributed by atoms with Crippen LogP contribution in [0.4, 0.5) is 4.79 Å². The average molecular weight is 388 g/mol. The van der Waals surface area contributed by atoms with Gasteiger partial charge in [-0.3, -0.25) is 4.90 Å². The van der Waals surface area contributed by atoms with Crippen molar-refractivity contribution in [2.24, 2.45) is 0 Å². The number of methoxy groups -OCH3 is 1. The van der Waals surface area contributed by atoms with Gasteiger partial charge in [-0.15, -0.1) is 0 Å². The van der Waals surface area contributed by atoms with Gasteiger partial charge in [-0.2, -0.15) is 0 Å². The summed E-state index contributed by atoms with van der Waals surface area (Å²) < 4.78 is 21.9. The van der Waals surface area contributed by atoms with Gasteiger partial charge in [-0.25, -0.2) is 4.79 Å². The highest BCUT2D eigenvalue weighted by Gasteiger charge is 2.33. The number of benzene rings is 1. The van der Waals surface area contributed by atoms with Crippen LogP contribution in [0.25, 0.3) is 0 Å². The van der Waals surface area contributed by atoms with E-state index in [-0.39, 0.29) is 12.1 Å². The van der Waals surface area contributed by atoms with Crippen molar-refractivity contribution in [1.29, 1.82) is 0 Å². The zero-order valence-corrected chi connectivity index (χ0v) is 17.2. The Hall–Kier alpha value is -2.54. The van der Waals surface area contributed by atoms with Crippen molar-refractivity contribution in [1.82, 2.24) is 10.1 Å². The molecule has 28 heavy (non-hydrogen) atoms. The van der Waals surface area contributed by atoms with Crippen LogP contribution >= 0.6 is 0 Å². The first-order valence-corrected chi connectivity index (χ1v) is 9.43. The van der Waals surface area contributed by atoms with Gasteiger partial charge < -0.3 is 18.7 Å². The molecule has 1 amide bonds. The first-order valence-electron chi connectivity index (χ1n) is 9.43. The lowest BCUT2D eigenvalue weighted by Gasteiger charge is -2.37. The van der Waals surface area contributed by atoms with Gasteiger partial charge >= 0.3 is 6.09 Å². The van der Waals surface area contributed by atoms with E-state index < -0.39 is 5.60 Å². The average Bonchev–Trinajstić information content (AvgIpc) is 3.04. The number of ether oxygens (including phenoxy) is 3. The van der Waals surface area contributed by atoms with E-state index in [0.717, 1.165) is 34.8 Å². The summed E-state index contributed by atoms with van der Waals surface area (Å²) in [7, 11) is 1.64. The molecular formula is C21H28N2O5. The number of rotatable bonds is 5. The highest BCUT2D eigenvalue weighted by Crippen LogP contribution is 2.33. The number of fused-ring (bicyclic) bond motifs is 1. The van der Waals surface area contributed by atoms with Crippen molar-refractivity contribution < 1.29 is 23.5 Å². The number of aryl methyl sites for hydroxylation is 1. The zero-order chi connectivity index (χ0) is 20.3. The molecule has 1 aromatic heterocycles. The molecule has 0 radical (unpaired) electrons. The van der Waals surface area contributed by atoms with Crippen LogP contribution in [0.15, 0.2) is 28.8 Å². The van der Waals surface area contributed by atoms with Crippen LogP contribution in [0.2, 0.25) is 0 Å². The van der Waals surface area contributed by atoms with E-state index in [4.69, 9.17) is 18.7 Å². The van der Waals surface area contributed by atoms with Crippen molar-refractivity contribution in [3.8, 4) is 5.75 Å². The normalized spacial score (nSPS) is 16.6. The largest absolute Gasteiger partial charge is 0.487 e. The summed E-state index contributed by atoms with van der Waals surface area (Å²) in [6.45, 7) is 8.78. The van der Waals surface area contributed by atoms with E-state index in [2.05, 4.69) is 5.16 Å². The molecule has 7 heteroatoms. The number of aromatic nitrogens is 1.